The number of rotatable bonds is 3. The Kier molecular flexibility index (Phi) is 3.76. The van der Waals surface area contributed by atoms with Crippen LogP contribution in [-0.4, -0.2) is 38.1 Å². The summed E-state index contributed by atoms with van der Waals surface area (Å²) in [6.07, 6.45) is 1.67. The fourth-order valence-electron chi connectivity index (χ4n) is 1.13. The maximum Gasteiger partial charge on any atom is 0.238 e. The molecule has 1 saturated heterocycles. The maximum atomic E-state index is 11.3. The average molecular weight is 169 g/mol. The van der Waals surface area contributed by atoms with Gasteiger partial charge in [-0.1, -0.05) is 6.08 Å². The summed E-state index contributed by atoms with van der Waals surface area (Å²) in [6, 6.07) is -0.0845. The molecule has 0 saturated carbocycles. The van der Waals surface area contributed by atoms with Crippen molar-refractivity contribution in [3.8, 4) is 0 Å². The van der Waals surface area contributed by atoms with Gasteiger partial charge in [0, 0.05) is 26.2 Å². The Labute approximate surface area is 72.4 Å². The summed E-state index contributed by atoms with van der Waals surface area (Å²) in [6.45, 7) is 6.57. The highest BCUT2D eigenvalue weighted by Crippen LogP contribution is 1.86. The molecule has 0 spiro atoms. The summed E-state index contributed by atoms with van der Waals surface area (Å²) in [7, 11) is 0. The maximum absolute atomic E-state index is 11.3. The summed E-state index contributed by atoms with van der Waals surface area (Å²) in [4.78, 5) is 11.3. The largest absolute Gasteiger partial charge is 0.351 e. The standard InChI is InChI=1S/C8H15N3O/c1-2-3-11-8(12)7-6-9-4-5-10-7/h2,7,9-10H,1,3-6H2,(H,11,12). The van der Waals surface area contributed by atoms with Gasteiger partial charge in [0.15, 0.2) is 0 Å². The zero-order valence-electron chi connectivity index (χ0n) is 7.10. The minimum absolute atomic E-state index is 0.0436. The molecule has 1 unspecified atom stereocenters. The van der Waals surface area contributed by atoms with E-state index in [1.54, 1.807) is 6.08 Å². The van der Waals surface area contributed by atoms with E-state index in [1.165, 1.54) is 0 Å². The molecule has 4 nitrogen and oxygen atoms in total. The van der Waals surface area contributed by atoms with Gasteiger partial charge in [0.2, 0.25) is 5.91 Å². The van der Waals surface area contributed by atoms with E-state index < -0.39 is 0 Å². The van der Waals surface area contributed by atoms with Gasteiger partial charge in [-0.05, 0) is 0 Å². The first-order chi connectivity index (χ1) is 5.84. The van der Waals surface area contributed by atoms with E-state index in [0.717, 1.165) is 13.1 Å². The second kappa shape index (κ2) is 4.90. The number of carbonyl (C=O) groups is 1. The summed E-state index contributed by atoms with van der Waals surface area (Å²) in [5.41, 5.74) is 0. The van der Waals surface area contributed by atoms with Crippen molar-refractivity contribution >= 4 is 5.91 Å². The number of carbonyl (C=O) groups excluding carboxylic acids is 1. The second-order valence-electron chi connectivity index (χ2n) is 2.74. The highest BCUT2D eigenvalue weighted by atomic mass is 16.2. The first-order valence-electron chi connectivity index (χ1n) is 4.17. The zero-order valence-corrected chi connectivity index (χ0v) is 7.10. The van der Waals surface area contributed by atoms with Gasteiger partial charge in [-0.25, -0.2) is 0 Å². The molecule has 12 heavy (non-hydrogen) atoms. The van der Waals surface area contributed by atoms with Crippen LogP contribution in [-0.2, 0) is 4.79 Å². The van der Waals surface area contributed by atoms with Gasteiger partial charge >= 0.3 is 0 Å². The molecule has 1 heterocycles. The Morgan fingerprint density at radius 2 is 2.50 bits per heavy atom. The summed E-state index contributed by atoms with van der Waals surface area (Å²) >= 11 is 0. The van der Waals surface area contributed by atoms with Crippen molar-refractivity contribution < 1.29 is 4.79 Å². The van der Waals surface area contributed by atoms with Crippen LogP contribution >= 0.6 is 0 Å². The Hall–Kier alpha value is -0.870. The van der Waals surface area contributed by atoms with Crippen molar-refractivity contribution in [1.29, 1.82) is 0 Å². The van der Waals surface area contributed by atoms with Crippen molar-refractivity contribution in [1.82, 2.24) is 16.0 Å². The van der Waals surface area contributed by atoms with Crippen LogP contribution in [0.15, 0.2) is 12.7 Å². The van der Waals surface area contributed by atoms with Crippen LogP contribution in [0, 0.1) is 0 Å². The Morgan fingerprint density at radius 1 is 1.67 bits per heavy atom. The lowest BCUT2D eigenvalue weighted by atomic mass is 10.2. The Bertz CT molecular complexity index is 164. The second-order valence-corrected chi connectivity index (χ2v) is 2.74. The molecule has 1 aliphatic rings. The molecular formula is C8H15N3O. The van der Waals surface area contributed by atoms with Gasteiger partial charge in [-0.3, -0.25) is 4.79 Å². The number of piperazine rings is 1. The molecule has 1 amide bonds. The number of amides is 1. The van der Waals surface area contributed by atoms with Gasteiger partial charge in [0.25, 0.3) is 0 Å². The monoisotopic (exact) mass is 169 g/mol. The third-order valence-corrected chi connectivity index (χ3v) is 1.78. The first-order valence-corrected chi connectivity index (χ1v) is 4.17. The SMILES string of the molecule is C=CCNC(=O)C1CNCCN1. The molecule has 3 N–H and O–H groups in total. The van der Waals surface area contributed by atoms with Crippen molar-refractivity contribution in [2.24, 2.45) is 0 Å². The molecule has 1 atom stereocenters. The highest BCUT2D eigenvalue weighted by molar-refractivity contribution is 5.82. The van der Waals surface area contributed by atoms with Crippen molar-refractivity contribution in [2.75, 3.05) is 26.2 Å². The summed E-state index contributed by atoms with van der Waals surface area (Å²) in [5, 5.41) is 9.00. The number of hydrogen-bond acceptors (Lipinski definition) is 3. The van der Waals surface area contributed by atoms with E-state index in [9.17, 15) is 4.79 Å². The van der Waals surface area contributed by atoms with E-state index in [1.807, 2.05) is 0 Å². The summed E-state index contributed by atoms with van der Waals surface area (Å²) < 4.78 is 0. The molecule has 0 aromatic heterocycles. The van der Waals surface area contributed by atoms with E-state index in [4.69, 9.17) is 0 Å². The molecule has 4 heteroatoms. The van der Waals surface area contributed by atoms with Crippen LogP contribution in [0.4, 0.5) is 0 Å². The minimum atomic E-state index is -0.0845. The van der Waals surface area contributed by atoms with E-state index >= 15 is 0 Å². The molecular weight excluding hydrogens is 154 g/mol. The van der Waals surface area contributed by atoms with Crippen LogP contribution in [0.1, 0.15) is 0 Å². The van der Waals surface area contributed by atoms with Crippen LogP contribution in [0.25, 0.3) is 0 Å². The third-order valence-electron chi connectivity index (χ3n) is 1.78. The molecule has 0 aliphatic carbocycles. The smallest absolute Gasteiger partial charge is 0.238 e. The lowest BCUT2D eigenvalue weighted by molar-refractivity contribution is -0.123. The molecule has 0 radical (unpaired) electrons. The fourth-order valence-corrected chi connectivity index (χ4v) is 1.13. The topological polar surface area (TPSA) is 53.2 Å². The average Bonchev–Trinajstić information content (AvgIpc) is 2.15. The number of hydrogen-bond donors (Lipinski definition) is 3. The first kappa shape index (κ1) is 9.22. The zero-order chi connectivity index (χ0) is 8.81. The molecule has 0 aromatic rings. The lowest BCUT2D eigenvalue weighted by Gasteiger charge is -2.23. The van der Waals surface area contributed by atoms with Crippen LogP contribution in [0.2, 0.25) is 0 Å². The predicted molar refractivity (Wildman–Crippen MR) is 47.9 cm³/mol. The molecule has 1 rings (SSSR count). The van der Waals surface area contributed by atoms with Crippen LogP contribution in [0.3, 0.4) is 0 Å². The van der Waals surface area contributed by atoms with Gasteiger partial charge in [-0.15, -0.1) is 6.58 Å². The molecule has 1 fully saturated rings. The minimum Gasteiger partial charge on any atom is -0.351 e. The van der Waals surface area contributed by atoms with E-state index in [0.29, 0.717) is 13.1 Å². The third kappa shape index (κ3) is 2.64. The molecule has 68 valence electrons. The quantitative estimate of drug-likeness (QED) is 0.468. The van der Waals surface area contributed by atoms with E-state index in [-0.39, 0.29) is 11.9 Å². The highest BCUT2D eigenvalue weighted by Gasteiger charge is 2.18. The van der Waals surface area contributed by atoms with Crippen LogP contribution < -0.4 is 16.0 Å². The van der Waals surface area contributed by atoms with Gasteiger partial charge in [-0.2, -0.15) is 0 Å². The Balaban J connectivity index is 2.24. The lowest BCUT2D eigenvalue weighted by Crippen LogP contribution is -2.55. The molecule has 0 aromatic carbocycles. The number of nitrogens with one attached hydrogen (secondary N) is 3. The molecule has 1 aliphatic heterocycles. The predicted octanol–water partition coefficient (Wildman–Crippen LogP) is -1.15. The van der Waals surface area contributed by atoms with Gasteiger partial charge < -0.3 is 16.0 Å². The summed E-state index contributed by atoms with van der Waals surface area (Å²) in [5.74, 6) is 0.0436. The van der Waals surface area contributed by atoms with Crippen molar-refractivity contribution in [2.45, 2.75) is 6.04 Å². The van der Waals surface area contributed by atoms with Crippen molar-refractivity contribution in [3.05, 3.63) is 12.7 Å². The van der Waals surface area contributed by atoms with Gasteiger partial charge in [0.05, 0.1) is 6.04 Å². The van der Waals surface area contributed by atoms with Crippen LogP contribution in [0.5, 0.6) is 0 Å². The van der Waals surface area contributed by atoms with Gasteiger partial charge in [0.1, 0.15) is 0 Å². The fraction of sp³-hybridized carbons (Fsp3) is 0.625. The van der Waals surface area contributed by atoms with Crippen molar-refractivity contribution in [3.63, 3.8) is 0 Å². The van der Waals surface area contributed by atoms with E-state index in [2.05, 4.69) is 22.5 Å². The normalized spacial score (nSPS) is 23.2. The Morgan fingerprint density at radius 3 is 3.08 bits per heavy atom. The molecule has 0 bridgehead atoms.